The number of carbonyl (C=O) groups excluding carboxylic acids is 1. The number of rotatable bonds is 6. The number of thioether (sulfide) groups is 1. The van der Waals surface area contributed by atoms with E-state index < -0.39 is 0 Å². The standard InChI is InChI=1S/C10H19N5OS/c1-4-5-15-8(6-11)12-13-10(15)17-7-9(16)14(2)3/h4-7,11H2,1-3H3. The van der Waals surface area contributed by atoms with Gasteiger partial charge < -0.3 is 15.2 Å². The molecule has 0 unspecified atom stereocenters. The van der Waals surface area contributed by atoms with Gasteiger partial charge in [0, 0.05) is 20.6 Å². The first-order valence-electron chi connectivity index (χ1n) is 5.55. The molecule has 96 valence electrons. The smallest absolute Gasteiger partial charge is 0.232 e. The minimum atomic E-state index is 0.0651. The molecule has 0 saturated heterocycles. The van der Waals surface area contributed by atoms with Gasteiger partial charge in [0.25, 0.3) is 0 Å². The van der Waals surface area contributed by atoms with Crippen molar-refractivity contribution in [3.05, 3.63) is 5.82 Å². The van der Waals surface area contributed by atoms with E-state index in [4.69, 9.17) is 5.73 Å². The molecule has 17 heavy (non-hydrogen) atoms. The van der Waals surface area contributed by atoms with Gasteiger partial charge in [0.05, 0.1) is 12.3 Å². The number of hydrogen-bond donors (Lipinski definition) is 1. The van der Waals surface area contributed by atoms with Crippen molar-refractivity contribution >= 4 is 17.7 Å². The summed E-state index contributed by atoms with van der Waals surface area (Å²) in [5.41, 5.74) is 5.59. The number of aromatic nitrogens is 3. The van der Waals surface area contributed by atoms with Crippen LogP contribution >= 0.6 is 11.8 Å². The summed E-state index contributed by atoms with van der Waals surface area (Å²) >= 11 is 1.40. The van der Waals surface area contributed by atoms with E-state index >= 15 is 0 Å². The summed E-state index contributed by atoms with van der Waals surface area (Å²) in [4.78, 5) is 13.1. The lowest BCUT2D eigenvalue weighted by Crippen LogP contribution is -2.23. The molecular formula is C10H19N5OS. The molecule has 0 atom stereocenters. The monoisotopic (exact) mass is 257 g/mol. The zero-order valence-electron chi connectivity index (χ0n) is 10.5. The highest BCUT2D eigenvalue weighted by Crippen LogP contribution is 2.17. The van der Waals surface area contributed by atoms with Crippen LogP contribution in [0.15, 0.2) is 5.16 Å². The molecule has 1 aromatic heterocycles. The van der Waals surface area contributed by atoms with Crippen molar-refractivity contribution in [1.29, 1.82) is 0 Å². The largest absolute Gasteiger partial charge is 0.348 e. The molecule has 0 saturated carbocycles. The first kappa shape index (κ1) is 14.0. The van der Waals surface area contributed by atoms with Crippen molar-refractivity contribution in [2.45, 2.75) is 31.6 Å². The molecule has 1 heterocycles. The maximum atomic E-state index is 11.5. The normalized spacial score (nSPS) is 10.6. The third-order valence-electron chi connectivity index (χ3n) is 2.25. The molecule has 7 heteroatoms. The Balaban J connectivity index is 2.70. The maximum absolute atomic E-state index is 11.5. The maximum Gasteiger partial charge on any atom is 0.232 e. The van der Waals surface area contributed by atoms with E-state index in [0.29, 0.717) is 12.3 Å². The van der Waals surface area contributed by atoms with E-state index in [9.17, 15) is 4.79 Å². The van der Waals surface area contributed by atoms with Gasteiger partial charge in [-0.25, -0.2) is 0 Å². The average Bonchev–Trinajstić information content (AvgIpc) is 2.69. The van der Waals surface area contributed by atoms with Crippen LogP contribution in [0.1, 0.15) is 19.2 Å². The zero-order chi connectivity index (χ0) is 12.8. The second kappa shape index (κ2) is 6.61. The molecule has 1 aromatic rings. The number of nitrogens with zero attached hydrogens (tertiary/aromatic N) is 4. The van der Waals surface area contributed by atoms with Crippen molar-refractivity contribution in [2.75, 3.05) is 19.8 Å². The van der Waals surface area contributed by atoms with Crippen LogP contribution in [0.2, 0.25) is 0 Å². The van der Waals surface area contributed by atoms with E-state index in [2.05, 4.69) is 17.1 Å². The lowest BCUT2D eigenvalue weighted by Gasteiger charge is -2.10. The molecule has 0 aliphatic rings. The van der Waals surface area contributed by atoms with Gasteiger partial charge in [-0.05, 0) is 6.42 Å². The van der Waals surface area contributed by atoms with E-state index in [1.165, 1.54) is 11.8 Å². The van der Waals surface area contributed by atoms with Gasteiger partial charge in [-0.1, -0.05) is 18.7 Å². The van der Waals surface area contributed by atoms with Gasteiger partial charge in [-0.15, -0.1) is 10.2 Å². The molecule has 1 amide bonds. The minimum absolute atomic E-state index is 0.0651. The Morgan fingerprint density at radius 1 is 1.47 bits per heavy atom. The van der Waals surface area contributed by atoms with Gasteiger partial charge in [0.1, 0.15) is 5.82 Å². The van der Waals surface area contributed by atoms with Crippen LogP contribution in [-0.4, -0.2) is 45.4 Å². The Morgan fingerprint density at radius 2 is 2.18 bits per heavy atom. The van der Waals surface area contributed by atoms with Crippen LogP contribution in [-0.2, 0) is 17.9 Å². The highest BCUT2D eigenvalue weighted by molar-refractivity contribution is 7.99. The summed E-state index contributed by atoms with van der Waals surface area (Å²) in [6.07, 6.45) is 0.986. The zero-order valence-corrected chi connectivity index (χ0v) is 11.3. The van der Waals surface area contributed by atoms with Crippen LogP contribution in [0.25, 0.3) is 0 Å². The quantitative estimate of drug-likeness (QED) is 0.743. The Bertz CT molecular complexity index is 377. The number of hydrogen-bond acceptors (Lipinski definition) is 5. The molecule has 0 bridgehead atoms. The van der Waals surface area contributed by atoms with Gasteiger partial charge in [-0.3, -0.25) is 4.79 Å². The first-order chi connectivity index (χ1) is 8.10. The molecule has 0 aromatic carbocycles. The van der Waals surface area contributed by atoms with Crippen molar-refractivity contribution in [3.8, 4) is 0 Å². The number of nitrogens with two attached hydrogens (primary N) is 1. The lowest BCUT2D eigenvalue weighted by molar-refractivity contribution is -0.125. The summed E-state index contributed by atoms with van der Waals surface area (Å²) in [6, 6.07) is 0. The molecule has 2 N–H and O–H groups in total. The van der Waals surface area contributed by atoms with Crippen LogP contribution < -0.4 is 5.73 Å². The second-order valence-corrected chi connectivity index (χ2v) is 4.77. The molecule has 0 radical (unpaired) electrons. The third kappa shape index (κ3) is 3.71. The Kier molecular flexibility index (Phi) is 5.43. The summed E-state index contributed by atoms with van der Waals surface area (Å²) in [7, 11) is 3.48. The molecule has 0 spiro atoms. The SMILES string of the molecule is CCCn1c(CN)nnc1SCC(=O)N(C)C. The lowest BCUT2D eigenvalue weighted by atomic mass is 10.4. The van der Waals surface area contributed by atoms with E-state index in [1.807, 2.05) is 4.57 Å². The highest BCUT2D eigenvalue weighted by Gasteiger charge is 2.13. The predicted octanol–water partition coefficient (Wildman–Crippen LogP) is 0.327. The van der Waals surface area contributed by atoms with Crippen LogP contribution in [0.3, 0.4) is 0 Å². The van der Waals surface area contributed by atoms with Crippen LogP contribution in [0.4, 0.5) is 0 Å². The predicted molar refractivity (Wildman–Crippen MR) is 67.6 cm³/mol. The van der Waals surface area contributed by atoms with E-state index in [1.54, 1.807) is 19.0 Å². The fourth-order valence-electron chi connectivity index (χ4n) is 1.28. The van der Waals surface area contributed by atoms with Crippen LogP contribution in [0.5, 0.6) is 0 Å². The van der Waals surface area contributed by atoms with Crippen molar-refractivity contribution < 1.29 is 4.79 Å². The fraction of sp³-hybridized carbons (Fsp3) is 0.700. The Morgan fingerprint density at radius 3 is 2.71 bits per heavy atom. The Hall–Kier alpha value is -1.08. The summed E-state index contributed by atoms with van der Waals surface area (Å²) in [5.74, 6) is 1.21. The number of amides is 1. The molecule has 1 rings (SSSR count). The molecule has 0 aliphatic heterocycles. The molecule has 0 aliphatic carbocycles. The summed E-state index contributed by atoms with van der Waals surface area (Å²) < 4.78 is 1.98. The van der Waals surface area contributed by atoms with Crippen LogP contribution in [0, 0.1) is 0 Å². The number of carbonyl (C=O) groups is 1. The van der Waals surface area contributed by atoms with Gasteiger partial charge >= 0.3 is 0 Å². The van der Waals surface area contributed by atoms with Gasteiger partial charge in [0.15, 0.2) is 5.16 Å². The van der Waals surface area contributed by atoms with Crippen molar-refractivity contribution in [3.63, 3.8) is 0 Å². The first-order valence-corrected chi connectivity index (χ1v) is 6.53. The minimum Gasteiger partial charge on any atom is -0.348 e. The highest BCUT2D eigenvalue weighted by atomic mass is 32.2. The summed E-state index contributed by atoms with van der Waals surface area (Å²) in [5, 5.41) is 8.85. The molecule has 6 nitrogen and oxygen atoms in total. The van der Waals surface area contributed by atoms with Crippen molar-refractivity contribution in [1.82, 2.24) is 19.7 Å². The van der Waals surface area contributed by atoms with E-state index in [-0.39, 0.29) is 5.91 Å². The fourth-order valence-corrected chi connectivity index (χ4v) is 2.24. The second-order valence-electron chi connectivity index (χ2n) is 3.83. The topological polar surface area (TPSA) is 77.0 Å². The molecular weight excluding hydrogens is 238 g/mol. The van der Waals surface area contributed by atoms with Gasteiger partial charge in [0.2, 0.25) is 5.91 Å². The average molecular weight is 257 g/mol. The van der Waals surface area contributed by atoms with Crippen molar-refractivity contribution in [2.24, 2.45) is 5.73 Å². The third-order valence-corrected chi connectivity index (χ3v) is 3.20. The van der Waals surface area contributed by atoms with Gasteiger partial charge in [-0.2, -0.15) is 0 Å². The van der Waals surface area contributed by atoms with E-state index in [0.717, 1.165) is 23.9 Å². The Labute approximate surface area is 106 Å². The molecule has 0 fully saturated rings. The summed E-state index contributed by atoms with van der Waals surface area (Å²) in [6.45, 7) is 3.28.